The summed E-state index contributed by atoms with van der Waals surface area (Å²) in [7, 11) is 0. The van der Waals surface area contributed by atoms with Gasteiger partial charge in [0.15, 0.2) is 29.9 Å². The van der Waals surface area contributed by atoms with E-state index in [9.17, 15) is 19.5 Å². The predicted molar refractivity (Wildman–Crippen MR) is 114 cm³/mol. The van der Waals surface area contributed by atoms with E-state index in [2.05, 4.69) is 0 Å². The maximum absolute atomic E-state index is 17.2. The number of aliphatic hydroxyl groups is 1. The lowest BCUT2D eigenvalue weighted by Gasteiger charge is -2.63. The molecule has 1 saturated heterocycles. The van der Waals surface area contributed by atoms with Gasteiger partial charge in [-0.05, 0) is 56.8 Å². The Kier molecular flexibility index (Phi) is 5.08. The smallest absolute Gasteiger partial charge is 0.303 e. The number of esters is 1. The van der Waals surface area contributed by atoms with Gasteiger partial charge in [0.25, 0.3) is 0 Å². The highest BCUT2D eigenvalue weighted by molar-refractivity contribution is 6.01. The number of hydrogen-bond acceptors (Lipinski definition) is 7. The Balaban J connectivity index is 1.61. The second-order valence-electron chi connectivity index (χ2n) is 10.8. The van der Waals surface area contributed by atoms with Crippen LogP contribution in [0.15, 0.2) is 23.8 Å². The summed E-state index contributed by atoms with van der Waals surface area (Å²) < 4.78 is 49.8. The minimum absolute atomic E-state index is 0.0429. The highest BCUT2D eigenvalue weighted by atomic mass is 19.1. The molecule has 10 atom stereocenters. The molecule has 34 heavy (non-hydrogen) atoms. The number of Topliss-reactive ketones (excluding diaryl/α,β-unsaturated/α-hetero) is 1. The van der Waals surface area contributed by atoms with Gasteiger partial charge in [-0.1, -0.05) is 13.0 Å². The van der Waals surface area contributed by atoms with E-state index in [1.807, 2.05) is 0 Å². The molecular weight excluding hydrogens is 450 g/mol. The van der Waals surface area contributed by atoms with Crippen molar-refractivity contribution in [2.75, 3.05) is 6.61 Å². The van der Waals surface area contributed by atoms with Gasteiger partial charge in [0.05, 0.1) is 12.2 Å². The number of rotatable bonds is 3. The van der Waals surface area contributed by atoms with Gasteiger partial charge in [0.2, 0.25) is 5.78 Å². The molecular formula is C25H30F2O7. The van der Waals surface area contributed by atoms with Crippen molar-refractivity contribution >= 4 is 17.5 Å². The van der Waals surface area contributed by atoms with Crippen molar-refractivity contribution in [1.82, 2.24) is 0 Å². The molecule has 0 radical (unpaired) electrons. The third-order valence-electron chi connectivity index (χ3n) is 9.32. The van der Waals surface area contributed by atoms with Crippen molar-refractivity contribution in [3.8, 4) is 0 Å². The number of ketones is 2. The number of hydrogen-bond donors (Lipinski definition) is 1. The average molecular weight is 481 g/mol. The molecule has 5 aliphatic rings. The van der Waals surface area contributed by atoms with Gasteiger partial charge < -0.3 is 19.3 Å². The van der Waals surface area contributed by atoms with E-state index in [4.69, 9.17) is 14.2 Å². The van der Waals surface area contributed by atoms with Crippen LogP contribution in [0.4, 0.5) is 8.78 Å². The first-order valence-electron chi connectivity index (χ1n) is 11.8. The summed E-state index contributed by atoms with van der Waals surface area (Å²) >= 11 is 0. The van der Waals surface area contributed by atoms with Crippen LogP contribution in [0.2, 0.25) is 0 Å². The number of allylic oxidation sites excluding steroid dienone is 4. The summed E-state index contributed by atoms with van der Waals surface area (Å²) in [6, 6.07) is 0. The van der Waals surface area contributed by atoms with Crippen LogP contribution in [-0.4, -0.2) is 65.2 Å². The van der Waals surface area contributed by atoms with E-state index < -0.39 is 82.7 Å². The maximum Gasteiger partial charge on any atom is 0.303 e. The minimum atomic E-state index is -2.26. The molecule has 9 heteroatoms. The topological polar surface area (TPSA) is 99.1 Å². The zero-order chi connectivity index (χ0) is 24.8. The normalized spacial score (nSPS) is 51.1. The molecule has 0 amide bonds. The Hall–Kier alpha value is -1.97. The molecule has 4 fully saturated rings. The minimum Gasteiger partial charge on any atom is -0.458 e. The highest BCUT2D eigenvalue weighted by Gasteiger charge is 2.79. The molecule has 1 unspecified atom stereocenters. The zero-order valence-corrected chi connectivity index (χ0v) is 19.7. The summed E-state index contributed by atoms with van der Waals surface area (Å²) in [5.41, 5.74) is -6.37. The largest absolute Gasteiger partial charge is 0.458 e. The molecule has 1 aliphatic heterocycles. The van der Waals surface area contributed by atoms with E-state index in [1.165, 1.54) is 26.0 Å². The standard InChI is InChI=1S/C25H30F2O7/c1-12(28)32-11-20(31)25-21(33-13(2)34-25)9-15-16-8-18(26)17-7-14(29)5-6-22(17,3)24(16,27)19(30)10-23(15,25)4/h5-7,13,15-16,18-19,21,30H,8-11H2,1-4H3/t13?,15-,16-,18-,19-,21+,22-,23-,24-,25+/m0/s1. The summed E-state index contributed by atoms with van der Waals surface area (Å²) in [5.74, 6) is -3.06. The van der Waals surface area contributed by atoms with Crippen molar-refractivity contribution in [3.63, 3.8) is 0 Å². The number of carbonyl (C=O) groups is 3. The van der Waals surface area contributed by atoms with Crippen LogP contribution in [-0.2, 0) is 28.6 Å². The SMILES string of the molecule is CC(=O)OCC(=O)[C@@]12OC(C)O[C@@H]1C[C@H]1[C@@H]3C[C@H](F)C4=CC(=O)C=C[C@]4(C)[C@@]3(F)[C@@H](O)C[C@@]12C. The Morgan fingerprint density at radius 3 is 2.65 bits per heavy atom. The lowest BCUT2D eigenvalue weighted by Crippen LogP contribution is -2.71. The third kappa shape index (κ3) is 2.69. The molecule has 5 rings (SSSR count). The van der Waals surface area contributed by atoms with E-state index in [0.29, 0.717) is 0 Å². The summed E-state index contributed by atoms with van der Waals surface area (Å²) in [5, 5.41) is 11.4. The number of aliphatic hydroxyl groups excluding tert-OH is 1. The van der Waals surface area contributed by atoms with Crippen molar-refractivity contribution in [2.45, 2.75) is 82.9 Å². The molecule has 0 aromatic carbocycles. The fourth-order valence-corrected chi connectivity index (χ4v) is 7.90. The highest BCUT2D eigenvalue weighted by Crippen LogP contribution is 2.72. The predicted octanol–water partition coefficient (Wildman–Crippen LogP) is 2.55. The van der Waals surface area contributed by atoms with Gasteiger partial charge >= 0.3 is 5.97 Å². The molecule has 3 saturated carbocycles. The quantitative estimate of drug-likeness (QED) is 0.620. The van der Waals surface area contributed by atoms with E-state index in [1.54, 1.807) is 13.8 Å². The molecule has 0 aromatic heterocycles. The van der Waals surface area contributed by atoms with Crippen molar-refractivity contribution in [1.29, 1.82) is 0 Å². The van der Waals surface area contributed by atoms with Crippen LogP contribution in [0, 0.1) is 22.7 Å². The third-order valence-corrected chi connectivity index (χ3v) is 9.32. The van der Waals surface area contributed by atoms with Crippen LogP contribution >= 0.6 is 0 Å². The van der Waals surface area contributed by atoms with Gasteiger partial charge in [0, 0.05) is 23.7 Å². The molecule has 0 aromatic rings. The van der Waals surface area contributed by atoms with Crippen molar-refractivity contribution in [3.05, 3.63) is 23.8 Å². The molecule has 1 heterocycles. The first kappa shape index (κ1) is 23.8. The Morgan fingerprint density at radius 2 is 1.97 bits per heavy atom. The molecule has 0 bridgehead atoms. The fourth-order valence-electron chi connectivity index (χ4n) is 7.90. The maximum atomic E-state index is 17.2. The Labute approximate surface area is 196 Å². The number of halogens is 2. The van der Waals surface area contributed by atoms with E-state index in [-0.39, 0.29) is 24.8 Å². The van der Waals surface area contributed by atoms with E-state index >= 15 is 8.78 Å². The van der Waals surface area contributed by atoms with Crippen LogP contribution in [0.3, 0.4) is 0 Å². The summed E-state index contributed by atoms with van der Waals surface area (Å²) in [4.78, 5) is 36.8. The fraction of sp³-hybridized carbons (Fsp3) is 0.720. The summed E-state index contributed by atoms with van der Waals surface area (Å²) in [6.07, 6.45) is -0.990. The Morgan fingerprint density at radius 1 is 1.26 bits per heavy atom. The number of ether oxygens (including phenoxy) is 3. The van der Waals surface area contributed by atoms with E-state index in [0.717, 1.165) is 6.08 Å². The van der Waals surface area contributed by atoms with Gasteiger partial charge in [-0.3, -0.25) is 14.4 Å². The molecule has 7 nitrogen and oxygen atoms in total. The lowest BCUT2D eigenvalue weighted by atomic mass is 9.44. The van der Waals surface area contributed by atoms with Crippen LogP contribution in [0.1, 0.15) is 47.0 Å². The Bertz CT molecular complexity index is 1020. The number of carbonyl (C=O) groups excluding carboxylic acids is 3. The summed E-state index contributed by atoms with van der Waals surface area (Å²) in [6.45, 7) is 5.59. The monoisotopic (exact) mass is 480 g/mol. The van der Waals surface area contributed by atoms with Crippen molar-refractivity contribution in [2.24, 2.45) is 22.7 Å². The molecule has 4 aliphatic carbocycles. The van der Waals surface area contributed by atoms with Crippen LogP contribution in [0.25, 0.3) is 0 Å². The number of alkyl halides is 2. The number of fused-ring (bicyclic) bond motifs is 7. The second-order valence-corrected chi connectivity index (χ2v) is 10.8. The average Bonchev–Trinajstić information content (AvgIpc) is 3.21. The van der Waals surface area contributed by atoms with Crippen LogP contribution < -0.4 is 0 Å². The van der Waals surface area contributed by atoms with Gasteiger partial charge in [0.1, 0.15) is 6.17 Å². The molecule has 1 N–H and O–H groups in total. The first-order valence-corrected chi connectivity index (χ1v) is 11.8. The van der Waals surface area contributed by atoms with Gasteiger partial charge in [-0.15, -0.1) is 0 Å². The molecule has 186 valence electrons. The van der Waals surface area contributed by atoms with Crippen molar-refractivity contribution < 1.29 is 42.5 Å². The zero-order valence-electron chi connectivity index (χ0n) is 19.7. The van der Waals surface area contributed by atoms with Gasteiger partial charge in [-0.2, -0.15) is 0 Å². The lowest BCUT2D eigenvalue weighted by molar-refractivity contribution is -0.233. The van der Waals surface area contributed by atoms with Gasteiger partial charge in [-0.25, -0.2) is 8.78 Å². The second kappa shape index (κ2) is 7.27. The van der Waals surface area contributed by atoms with Crippen LogP contribution in [0.5, 0.6) is 0 Å². The molecule has 0 spiro atoms. The first-order chi connectivity index (χ1) is 15.8.